The quantitative estimate of drug-likeness (QED) is 0.713. The maximum atomic E-state index is 11.4. The van der Waals surface area contributed by atoms with Crippen molar-refractivity contribution in [3.8, 4) is 5.75 Å². The predicted molar refractivity (Wildman–Crippen MR) is 92.6 cm³/mol. The minimum absolute atomic E-state index is 0.0960. The van der Waals surface area contributed by atoms with Gasteiger partial charge in [0, 0.05) is 32.2 Å². The number of rotatable bonds is 7. The van der Waals surface area contributed by atoms with Crippen LogP contribution in [0.15, 0.2) is 24.3 Å². The highest BCUT2D eigenvalue weighted by Crippen LogP contribution is 2.14. The number of benzene rings is 1. The van der Waals surface area contributed by atoms with Gasteiger partial charge < -0.3 is 15.7 Å². The summed E-state index contributed by atoms with van der Waals surface area (Å²) in [5.41, 5.74) is 1.26. The number of hydrogen-bond acceptors (Lipinski definition) is 4. The lowest BCUT2D eigenvalue weighted by atomic mass is 10.0. The van der Waals surface area contributed by atoms with Gasteiger partial charge in [0.2, 0.25) is 5.91 Å². The fraction of sp³-hybridized carbons (Fsp3) is 0.611. The van der Waals surface area contributed by atoms with Crippen molar-refractivity contribution in [3.05, 3.63) is 29.8 Å². The molecule has 5 nitrogen and oxygen atoms in total. The Balaban J connectivity index is 1.65. The molecule has 0 saturated carbocycles. The van der Waals surface area contributed by atoms with E-state index in [-0.39, 0.29) is 5.91 Å². The number of likely N-dealkylation sites (N-methyl/N-ethyl adjacent to an activating group) is 1. The summed E-state index contributed by atoms with van der Waals surface area (Å²) < 4.78 is 0. The summed E-state index contributed by atoms with van der Waals surface area (Å²) in [5.74, 6) is 0.419. The summed E-state index contributed by atoms with van der Waals surface area (Å²) >= 11 is 0. The fourth-order valence-corrected chi connectivity index (χ4v) is 3.07. The maximum absolute atomic E-state index is 11.4. The van der Waals surface area contributed by atoms with E-state index in [9.17, 15) is 9.90 Å². The van der Waals surface area contributed by atoms with Crippen LogP contribution in [-0.4, -0.2) is 54.7 Å². The molecule has 1 heterocycles. The molecule has 1 aromatic rings. The second-order valence-corrected chi connectivity index (χ2v) is 6.50. The van der Waals surface area contributed by atoms with Gasteiger partial charge in [-0.25, -0.2) is 0 Å². The van der Waals surface area contributed by atoms with Gasteiger partial charge in [-0.2, -0.15) is 0 Å². The maximum Gasteiger partial charge on any atom is 0.233 e. The molecule has 3 N–H and O–H groups in total. The Morgan fingerprint density at radius 3 is 2.57 bits per heavy atom. The van der Waals surface area contributed by atoms with E-state index < -0.39 is 0 Å². The summed E-state index contributed by atoms with van der Waals surface area (Å²) in [5, 5.41) is 15.7. The Bertz CT molecular complexity index is 482. The third-order valence-corrected chi connectivity index (χ3v) is 4.56. The Labute approximate surface area is 139 Å². The largest absolute Gasteiger partial charge is 0.508 e. The van der Waals surface area contributed by atoms with Gasteiger partial charge in [0.25, 0.3) is 0 Å². The van der Waals surface area contributed by atoms with Gasteiger partial charge in [-0.1, -0.05) is 12.1 Å². The van der Waals surface area contributed by atoms with Crippen LogP contribution in [-0.2, 0) is 11.2 Å². The fourth-order valence-electron chi connectivity index (χ4n) is 3.07. The first-order chi connectivity index (χ1) is 11.1. The highest BCUT2D eigenvalue weighted by atomic mass is 16.3. The van der Waals surface area contributed by atoms with E-state index in [4.69, 9.17) is 0 Å². The molecule has 2 rings (SSSR count). The third kappa shape index (κ3) is 6.20. The number of nitrogens with one attached hydrogen (secondary N) is 2. The van der Waals surface area contributed by atoms with Crippen LogP contribution in [0.2, 0.25) is 0 Å². The van der Waals surface area contributed by atoms with Crippen LogP contribution in [0.5, 0.6) is 5.75 Å². The van der Waals surface area contributed by atoms with Crippen molar-refractivity contribution in [1.82, 2.24) is 15.5 Å². The molecular formula is C18H29N3O2. The first-order valence-electron chi connectivity index (χ1n) is 8.53. The van der Waals surface area contributed by atoms with E-state index in [2.05, 4.69) is 22.5 Å². The van der Waals surface area contributed by atoms with Crippen molar-refractivity contribution in [2.24, 2.45) is 0 Å². The smallest absolute Gasteiger partial charge is 0.233 e. The van der Waals surface area contributed by atoms with E-state index >= 15 is 0 Å². The molecule has 0 bridgehead atoms. The van der Waals surface area contributed by atoms with E-state index in [1.807, 2.05) is 12.1 Å². The van der Waals surface area contributed by atoms with Crippen LogP contribution >= 0.6 is 0 Å². The molecule has 1 unspecified atom stereocenters. The summed E-state index contributed by atoms with van der Waals surface area (Å²) in [6.07, 6.45) is 4.30. The molecular weight excluding hydrogens is 290 g/mol. The van der Waals surface area contributed by atoms with Crippen LogP contribution in [0, 0.1) is 0 Å². The first kappa shape index (κ1) is 17.8. The molecule has 1 atom stereocenters. The molecule has 128 valence electrons. The summed E-state index contributed by atoms with van der Waals surface area (Å²) in [6.45, 7) is 4.71. The second-order valence-electron chi connectivity index (χ2n) is 6.50. The zero-order valence-corrected chi connectivity index (χ0v) is 14.2. The van der Waals surface area contributed by atoms with Gasteiger partial charge >= 0.3 is 0 Å². The minimum atomic E-state index is 0.0960. The topological polar surface area (TPSA) is 64.6 Å². The summed E-state index contributed by atoms with van der Waals surface area (Å²) in [7, 11) is 1.69. The number of carbonyl (C=O) groups excluding carboxylic acids is 1. The van der Waals surface area contributed by atoms with E-state index in [1.165, 1.54) is 5.56 Å². The zero-order valence-electron chi connectivity index (χ0n) is 14.2. The molecule has 1 fully saturated rings. The van der Waals surface area contributed by atoms with Crippen LogP contribution in [0.3, 0.4) is 0 Å². The van der Waals surface area contributed by atoms with Crippen molar-refractivity contribution >= 4 is 5.91 Å². The number of likely N-dealkylation sites (tertiary alicyclic amines) is 1. The van der Waals surface area contributed by atoms with Gasteiger partial charge in [-0.3, -0.25) is 9.69 Å². The number of nitrogens with zero attached hydrogens (tertiary/aromatic N) is 1. The standard InChI is InChI=1S/C18H29N3O2/c1-14(3-4-15-5-7-17(22)8-6-15)20-16-9-11-21(12-10-16)13-18(23)19-2/h5-8,14,16,20,22H,3-4,9-13H2,1-2H3,(H,19,23). The van der Waals surface area contributed by atoms with Crippen molar-refractivity contribution in [2.75, 3.05) is 26.7 Å². The first-order valence-corrected chi connectivity index (χ1v) is 8.53. The summed E-state index contributed by atoms with van der Waals surface area (Å²) in [6, 6.07) is 8.48. The monoisotopic (exact) mass is 319 g/mol. The Hall–Kier alpha value is -1.59. The van der Waals surface area contributed by atoms with Gasteiger partial charge in [0.05, 0.1) is 6.54 Å². The summed E-state index contributed by atoms with van der Waals surface area (Å²) in [4.78, 5) is 13.6. The average molecular weight is 319 g/mol. The number of phenols is 1. The Morgan fingerprint density at radius 2 is 1.96 bits per heavy atom. The predicted octanol–water partition coefficient (Wildman–Crippen LogP) is 1.51. The van der Waals surface area contributed by atoms with Crippen molar-refractivity contribution in [3.63, 3.8) is 0 Å². The van der Waals surface area contributed by atoms with E-state index in [0.29, 0.717) is 24.4 Å². The molecule has 0 radical (unpaired) electrons. The lowest BCUT2D eigenvalue weighted by Gasteiger charge is -2.33. The van der Waals surface area contributed by atoms with Gasteiger partial charge in [-0.05, 0) is 50.3 Å². The Kier molecular flexibility index (Phi) is 6.86. The lowest BCUT2D eigenvalue weighted by molar-refractivity contribution is -0.122. The van der Waals surface area contributed by atoms with E-state index in [1.54, 1.807) is 19.2 Å². The van der Waals surface area contributed by atoms with Crippen molar-refractivity contribution < 1.29 is 9.90 Å². The van der Waals surface area contributed by atoms with E-state index in [0.717, 1.165) is 38.8 Å². The third-order valence-electron chi connectivity index (χ3n) is 4.56. The van der Waals surface area contributed by atoms with Gasteiger partial charge in [-0.15, -0.1) is 0 Å². The molecule has 1 aliphatic rings. The molecule has 0 spiro atoms. The van der Waals surface area contributed by atoms with Gasteiger partial charge in [0.1, 0.15) is 5.75 Å². The molecule has 1 aromatic carbocycles. The second kappa shape index (κ2) is 8.89. The minimum Gasteiger partial charge on any atom is -0.508 e. The number of phenolic OH excluding ortho intramolecular Hbond substituents is 1. The normalized spacial score (nSPS) is 17.8. The zero-order chi connectivity index (χ0) is 16.7. The average Bonchev–Trinajstić information content (AvgIpc) is 2.56. The lowest BCUT2D eigenvalue weighted by Crippen LogP contribution is -2.47. The highest BCUT2D eigenvalue weighted by Gasteiger charge is 2.21. The molecule has 1 amide bonds. The van der Waals surface area contributed by atoms with Crippen molar-refractivity contribution in [1.29, 1.82) is 0 Å². The molecule has 1 aliphatic heterocycles. The molecule has 0 aliphatic carbocycles. The molecule has 23 heavy (non-hydrogen) atoms. The van der Waals surface area contributed by atoms with Crippen LogP contribution in [0.25, 0.3) is 0 Å². The number of hydrogen-bond donors (Lipinski definition) is 3. The SMILES string of the molecule is CNC(=O)CN1CCC(NC(C)CCc2ccc(O)cc2)CC1. The molecule has 5 heteroatoms. The number of aryl methyl sites for hydroxylation is 1. The number of amides is 1. The molecule has 1 saturated heterocycles. The van der Waals surface area contributed by atoms with Crippen molar-refractivity contribution in [2.45, 2.75) is 44.7 Å². The van der Waals surface area contributed by atoms with Crippen LogP contribution < -0.4 is 10.6 Å². The van der Waals surface area contributed by atoms with Crippen LogP contribution in [0.1, 0.15) is 31.7 Å². The molecule has 0 aromatic heterocycles. The number of piperidine rings is 1. The number of aromatic hydroxyl groups is 1. The van der Waals surface area contributed by atoms with Gasteiger partial charge in [0.15, 0.2) is 0 Å². The number of carbonyl (C=O) groups is 1. The highest BCUT2D eigenvalue weighted by molar-refractivity contribution is 5.77. The van der Waals surface area contributed by atoms with Crippen LogP contribution in [0.4, 0.5) is 0 Å². The Morgan fingerprint density at radius 1 is 1.30 bits per heavy atom.